The monoisotopic (exact) mass is 344 g/mol. The lowest BCUT2D eigenvalue weighted by Crippen LogP contribution is -2.48. The van der Waals surface area contributed by atoms with Gasteiger partial charge < -0.3 is 15.5 Å². The number of aromatic nitrogens is 1. The summed E-state index contributed by atoms with van der Waals surface area (Å²) in [6.07, 6.45) is 6.78. The number of carbonyl (C=O) groups excluding carboxylic acids is 1. The van der Waals surface area contributed by atoms with Crippen molar-refractivity contribution < 1.29 is 4.79 Å². The van der Waals surface area contributed by atoms with E-state index in [0.717, 1.165) is 44.5 Å². The van der Waals surface area contributed by atoms with E-state index in [-0.39, 0.29) is 12.1 Å². The number of urea groups is 1. The Labute approximate surface area is 147 Å². The van der Waals surface area contributed by atoms with Gasteiger partial charge >= 0.3 is 6.03 Å². The predicted octanol–water partition coefficient (Wildman–Crippen LogP) is 2.65. The predicted molar refractivity (Wildman–Crippen MR) is 97.1 cm³/mol. The second-order valence-corrected chi connectivity index (χ2v) is 6.96. The highest BCUT2D eigenvalue weighted by atomic mass is 32.1. The van der Waals surface area contributed by atoms with Crippen molar-refractivity contribution in [2.75, 3.05) is 19.6 Å². The Morgan fingerprint density at radius 2 is 2.00 bits per heavy atom. The van der Waals surface area contributed by atoms with Crippen molar-refractivity contribution in [1.82, 2.24) is 20.5 Å². The molecule has 0 atom stereocenters. The fourth-order valence-corrected chi connectivity index (χ4v) is 3.62. The number of pyridine rings is 1. The van der Waals surface area contributed by atoms with Gasteiger partial charge in [0.1, 0.15) is 0 Å². The van der Waals surface area contributed by atoms with Crippen LogP contribution in [0.25, 0.3) is 0 Å². The molecule has 3 rings (SSSR count). The first-order valence-electron chi connectivity index (χ1n) is 8.46. The van der Waals surface area contributed by atoms with E-state index in [2.05, 4.69) is 38.0 Å². The normalized spacial score (nSPS) is 16.0. The molecule has 1 aliphatic heterocycles. The van der Waals surface area contributed by atoms with Gasteiger partial charge in [0.2, 0.25) is 0 Å². The first-order chi connectivity index (χ1) is 11.8. The minimum absolute atomic E-state index is 0.0589. The second-order valence-electron chi connectivity index (χ2n) is 6.18. The zero-order chi connectivity index (χ0) is 16.6. The van der Waals surface area contributed by atoms with Crippen LogP contribution in [0.4, 0.5) is 4.79 Å². The molecule has 3 heterocycles. The summed E-state index contributed by atoms with van der Waals surface area (Å²) in [5.74, 6) is 0. The Morgan fingerprint density at radius 1 is 1.21 bits per heavy atom. The van der Waals surface area contributed by atoms with Gasteiger partial charge in [-0.1, -0.05) is 0 Å². The van der Waals surface area contributed by atoms with E-state index < -0.39 is 0 Å². The molecule has 128 valence electrons. The Balaban J connectivity index is 1.32. The van der Waals surface area contributed by atoms with Crippen LogP contribution in [0.2, 0.25) is 0 Å². The van der Waals surface area contributed by atoms with Gasteiger partial charge in [-0.3, -0.25) is 4.98 Å². The molecule has 2 N–H and O–H groups in total. The topological polar surface area (TPSA) is 57.3 Å². The molecule has 0 saturated carbocycles. The molecule has 0 spiro atoms. The van der Waals surface area contributed by atoms with Crippen LogP contribution in [0, 0.1) is 0 Å². The number of hydrogen-bond acceptors (Lipinski definition) is 4. The van der Waals surface area contributed by atoms with E-state index in [9.17, 15) is 4.79 Å². The zero-order valence-corrected chi connectivity index (χ0v) is 14.6. The maximum atomic E-state index is 12.0. The molecule has 0 aromatic carbocycles. The standard InChI is InChI=1S/C18H24N4OS/c23-18(20-13-16-6-12-24-14-16)21-17-4-10-22(11-5-17)9-3-15-1-7-19-8-2-15/h1-2,6-8,12,14,17H,3-5,9-11,13H2,(H2,20,21,23). The van der Waals surface area contributed by atoms with Gasteiger partial charge in [0.05, 0.1) is 0 Å². The van der Waals surface area contributed by atoms with Crippen LogP contribution in [0.5, 0.6) is 0 Å². The lowest BCUT2D eigenvalue weighted by Gasteiger charge is -2.32. The van der Waals surface area contributed by atoms with Crippen molar-refractivity contribution in [3.63, 3.8) is 0 Å². The number of hydrogen-bond donors (Lipinski definition) is 2. The Kier molecular flexibility index (Phi) is 6.20. The zero-order valence-electron chi connectivity index (χ0n) is 13.8. The number of amides is 2. The third-order valence-electron chi connectivity index (χ3n) is 4.42. The molecule has 2 aromatic heterocycles. The number of nitrogens with one attached hydrogen (secondary N) is 2. The van der Waals surface area contributed by atoms with Crippen molar-refractivity contribution in [2.24, 2.45) is 0 Å². The Bertz CT molecular complexity index is 609. The smallest absolute Gasteiger partial charge is 0.315 e. The molecule has 0 bridgehead atoms. The van der Waals surface area contributed by atoms with Crippen LogP contribution >= 0.6 is 11.3 Å². The molecule has 5 nitrogen and oxygen atoms in total. The molecule has 0 aliphatic carbocycles. The summed E-state index contributed by atoms with van der Waals surface area (Å²) in [7, 11) is 0. The average molecular weight is 344 g/mol. The van der Waals surface area contributed by atoms with E-state index in [1.54, 1.807) is 11.3 Å². The number of nitrogens with zero attached hydrogens (tertiary/aromatic N) is 2. The van der Waals surface area contributed by atoms with Crippen LogP contribution in [-0.2, 0) is 13.0 Å². The molecule has 6 heteroatoms. The fraction of sp³-hybridized carbons (Fsp3) is 0.444. The molecule has 24 heavy (non-hydrogen) atoms. The van der Waals surface area contributed by atoms with Gasteiger partial charge in [-0.05, 0) is 59.3 Å². The summed E-state index contributed by atoms with van der Waals surface area (Å²) >= 11 is 1.65. The van der Waals surface area contributed by atoms with Gasteiger partial charge in [0.15, 0.2) is 0 Å². The SMILES string of the molecule is O=C(NCc1ccsc1)NC1CCN(CCc2ccncc2)CC1. The number of rotatable bonds is 6. The van der Waals surface area contributed by atoms with Crippen molar-refractivity contribution >= 4 is 17.4 Å². The van der Waals surface area contributed by atoms with Gasteiger partial charge in [0.25, 0.3) is 0 Å². The van der Waals surface area contributed by atoms with Gasteiger partial charge in [0, 0.05) is 44.6 Å². The number of likely N-dealkylation sites (tertiary alicyclic amines) is 1. The summed E-state index contributed by atoms with van der Waals surface area (Å²) < 4.78 is 0. The highest BCUT2D eigenvalue weighted by molar-refractivity contribution is 7.07. The average Bonchev–Trinajstić information content (AvgIpc) is 3.14. The highest BCUT2D eigenvalue weighted by Gasteiger charge is 2.20. The van der Waals surface area contributed by atoms with Crippen LogP contribution in [-0.4, -0.2) is 41.6 Å². The number of carbonyl (C=O) groups is 1. The van der Waals surface area contributed by atoms with Gasteiger partial charge in [-0.25, -0.2) is 4.79 Å². The number of piperidine rings is 1. The first-order valence-corrected chi connectivity index (χ1v) is 9.40. The maximum absolute atomic E-state index is 12.0. The third kappa shape index (κ3) is 5.32. The van der Waals surface area contributed by atoms with E-state index in [1.807, 2.05) is 23.8 Å². The lowest BCUT2D eigenvalue weighted by atomic mass is 10.0. The van der Waals surface area contributed by atoms with E-state index in [0.29, 0.717) is 6.54 Å². The van der Waals surface area contributed by atoms with Crippen LogP contribution in [0.3, 0.4) is 0 Å². The largest absolute Gasteiger partial charge is 0.335 e. The van der Waals surface area contributed by atoms with Crippen LogP contribution < -0.4 is 10.6 Å². The summed E-state index contributed by atoms with van der Waals surface area (Å²) in [6, 6.07) is 6.41. The molecule has 2 aromatic rings. The summed E-state index contributed by atoms with van der Waals surface area (Å²) in [5.41, 5.74) is 2.49. The van der Waals surface area contributed by atoms with Crippen molar-refractivity contribution in [1.29, 1.82) is 0 Å². The molecule has 0 unspecified atom stereocenters. The third-order valence-corrected chi connectivity index (χ3v) is 5.15. The highest BCUT2D eigenvalue weighted by Crippen LogP contribution is 2.11. The van der Waals surface area contributed by atoms with Crippen LogP contribution in [0.1, 0.15) is 24.0 Å². The minimum Gasteiger partial charge on any atom is -0.335 e. The maximum Gasteiger partial charge on any atom is 0.315 e. The molecule has 1 saturated heterocycles. The number of thiophene rings is 1. The summed E-state index contributed by atoms with van der Waals surface area (Å²) in [5, 5.41) is 10.1. The molecule has 1 fully saturated rings. The molecule has 0 radical (unpaired) electrons. The van der Waals surface area contributed by atoms with Crippen molar-refractivity contribution in [3.05, 3.63) is 52.5 Å². The van der Waals surface area contributed by atoms with Gasteiger partial charge in [-0.2, -0.15) is 11.3 Å². The molecular formula is C18H24N4OS. The first kappa shape index (κ1) is 16.9. The molecular weight excluding hydrogens is 320 g/mol. The minimum atomic E-state index is -0.0589. The quantitative estimate of drug-likeness (QED) is 0.847. The van der Waals surface area contributed by atoms with E-state index >= 15 is 0 Å². The second kappa shape index (κ2) is 8.80. The molecule has 2 amide bonds. The Morgan fingerprint density at radius 3 is 2.71 bits per heavy atom. The van der Waals surface area contributed by atoms with E-state index in [4.69, 9.17) is 0 Å². The lowest BCUT2D eigenvalue weighted by molar-refractivity contribution is 0.193. The van der Waals surface area contributed by atoms with Crippen molar-refractivity contribution in [3.8, 4) is 0 Å². The fourth-order valence-electron chi connectivity index (χ4n) is 2.95. The Hall–Kier alpha value is -1.92. The van der Waals surface area contributed by atoms with E-state index in [1.165, 1.54) is 5.56 Å². The van der Waals surface area contributed by atoms with Crippen LogP contribution in [0.15, 0.2) is 41.4 Å². The van der Waals surface area contributed by atoms with Gasteiger partial charge in [-0.15, -0.1) is 0 Å². The molecule has 1 aliphatic rings. The van der Waals surface area contributed by atoms with Crippen molar-refractivity contribution in [2.45, 2.75) is 31.8 Å². The summed E-state index contributed by atoms with van der Waals surface area (Å²) in [4.78, 5) is 18.5. The summed E-state index contributed by atoms with van der Waals surface area (Å²) in [6.45, 7) is 3.75.